The van der Waals surface area contributed by atoms with Crippen LogP contribution >= 0.6 is 35.0 Å². The maximum Gasteiger partial charge on any atom is 0.266 e. The van der Waals surface area contributed by atoms with Crippen LogP contribution in [0.3, 0.4) is 0 Å². The molecule has 0 saturated carbocycles. The van der Waals surface area contributed by atoms with Gasteiger partial charge < -0.3 is 9.64 Å². The minimum Gasteiger partial charge on any atom is -0.486 e. The summed E-state index contributed by atoms with van der Waals surface area (Å²) in [4.78, 5) is 22.8. The molecule has 4 aromatic carbocycles. The van der Waals surface area contributed by atoms with Crippen molar-refractivity contribution in [1.29, 1.82) is 0 Å². The molecule has 6 rings (SSSR count). The number of hydrogen-bond acceptors (Lipinski definition) is 5. The topological polar surface area (TPSA) is 45.1 Å². The number of halogens is 2. The van der Waals surface area contributed by atoms with E-state index in [4.69, 9.17) is 32.9 Å². The molecule has 0 spiro atoms. The molecule has 0 radical (unpaired) electrons. The number of fused-ring (bicyclic) bond motifs is 1. The molecule has 42 heavy (non-hydrogen) atoms. The Balaban J connectivity index is 1.19. The second kappa shape index (κ2) is 12.8. The standard InChI is InChI=1S/C34H31Cl2N3O2S/c1-2-39-33(40)31(42-34(39)37-26-13-15-27(16-14-26)38-17-6-3-7-18-38)21-23-19-29(35)32(30(36)20-23)41-22-25-11-8-10-24-9-4-5-12-28(24)25/h4-5,8-16,19-21H,2-3,6-7,17-18,22H2,1H3/b31-21-,37-34?. The van der Waals surface area contributed by atoms with E-state index in [1.54, 1.807) is 17.0 Å². The number of carbonyl (C=O) groups is 1. The van der Waals surface area contributed by atoms with E-state index in [1.165, 1.54) is 36.7 Å². The van der Waals surface area contributed by atoms with Gasteiger partial charge in [0.25, 0.3) is 5.91 Å². The first-order valence-electron chi connectivity index (χ1n) is 14.2. The van der Waals surface area contributed by atoms with Crippen molar-refractivity contribution >= 4 is 74.3 Å². The summed E-state index contributed by atoms with van der Waals surface area (Å²) in [6.45, 7) is 5.01. The number of likely N-dealkylation sites (N-methyl/N-ethyl adjacent to an activating group) is 1. The Labute approximate surface area is 260 Å². The number of piperidine rings is 1. The normalized spacial score (nSPS) is 17.5. The van der Waals surface area contributed by atoms with Crippen LogP contribution in [0.1, 0.15) is 37.3 Å². The summed E-state index contributed by atoms with van der Waals surface area (Å²) in [5.74, 6) is 0.332. The third-order valence-electron chi connectivity index (χ3n) is 7.57. The number of aliphatic imine (C=N–C) groups is 1. The van der Waals surface area contributed by atoms with Gasteiger partial charge >= 0.3 is 0 Å². The van der Waals surface area contributed by atoms with Crippen LogP contribution in [0.2, 0.25) is 10.0 Å². The smallest absolute Gasteiger partial charge is 0.266 e. The molecular weight excluding hydrogens is 585 g/mol. The van der Waals surface area contributed by atoms with E-state index in [-0.39, 0.29) is 5.91 Å². The molecule has 4 aromatic rings. The maximum atomic E-state index is 13.3. The molecule has 8 heteroatoms. The molecule has 0 aliphatic carbocycles. The second-order valence-corrected chi connectivity index (χ2v) is 12.2. The SMILES string of the molecule is CCN1C(=O)/C(=C/c2cc(Cl)c(OCc3cccc4ccccc34)c(Cl)c2)SC1=Nc1ccc(N2CCCCC2)cc1. The lowest BCUT2D eigenvalue weighted by Gasteiger charge is -2.28. The number of ether oxygens (including phenoxy) is 1. The van der Waals surface area contributed by atoms with Crippen LogP contribution in [-0.4, -0.2) is 35.6 Å². The van der Waals surface area contributed by atoms with E-state index in [0.29, 0.717) is 39.0 Å². The van der Waals surface area contributed by atoms with Crippen molar-refractivity contribution in [3.05, 3.63) is 105 Å². The van der Waals surface area contributed by atoms with Crippen molar-refractivity contribution in [3.8, 4) is 5.75 Å². The molecule has 5 nitrogen and oxygen atoms in total. The molecule has 2 saturated heterocycles. The summed E-state index contributed by atoms with van der Waals surface area (Å²) >= 11 is 14.6. The number of amidine groups is 1. The summed E-state index contributed by atoms with van der Waals surface area (Å²) in [7, 11) is 0. The van der Waals surface area contributed by atoms with Crippen molar-refractivity contribution < 1.29 is 9.53 Å². The number of thioether (sulfide) groups is 1. The van der Waals surface area contributed by atoms with Crippen LogP contribution in [-0.2, 0) is 11.4 Å². The van der Waals surface area contributed by atoms with Gasteiger partial charge in [0.1, 0.15) is 6.61 Å². The van der Waals surface area contributed by atoms with Crippen molar-refractivity contribution in [2.45, 2.75) is 32.8 Å². The summed E-state index contributed by atoms with van der Waals surface area (Å²) in [5, 5.41) is 3.71. The number of carbonyl (C=O) groups excluding carboxylic acids is 1. The van der Waals surface area contributed by atoms with Crippen LogP contribution < -0.4 is 9.64 Å². The molecule has 0 N–H and O–H groups in total. The van der Waals surface area contributed by atoms with E-state index < -0.39 is 0 Å². The highest BCUT2D eigenvalue weighted by Gasteiger charge is 2.32. The van der Waals surface area contributed by atoms with E-state index in [0.717, 1.165) is 40.7 Å². The second-order valence-electron chi connectivity index (χ2n) is 10.4. The Hall–Kier alpha value is -3.45. The monoisotopic (exact) mass is 615 g/mol. The Bertz CT molecular complexity index is 1650. The van der Waals surface area contributed by atoms with Crippen LogP contribution in [0.15, 0.2) is 88.8 Å². The van der Waals surface area contributed by atoms with Gasteiger partial charge in [-0.25, -0.2) is 4.99 Å². The number of nitrogens with zero attached hydrogens (tertiary/aromatic N) is 3. The predicted molar refractivity (Wildman–Crippen MR) is 177 cm³/mol. The van der Waals surface area contributed by atoms with Gasteiger partial charge in [-0.15, -0.1) is 0 Å². The fourth-order valence-corrected chi connectivity index (χ4v) is 7.07. The van der Waals surface area contributed by atoms with E-state index >= 15 is 0 Å². The number of amides is 1. The van der Waals surface area contributed by atoms with Crippen molar-refractivity contribution in [2.24, 2.45) is 4.99 Å². The Morgan fingerprint density at radius 1 is 0.929 bits per heavy atom. The van der Waals surface area contributed by atoms with Crippen molar-refractivity contribution in [1.82, 2.24) is 4.90 Å². The first-order valence-corrected chi connectivity index (χ1v) is 15.8. The molecule has 2 fully saturated rings. The molecule has 1 amide bonds. The molecule has 2 heterocycles. The Morgan fingerprint density at radius 2 is 1.64 bits per heavy atom. The average molecular weight is 617 g/mol. The third-order valence-corrected chi connectivity index (χ3v) is 9.14. The summed E-state index contributed by atoms with van der Waals surface area (Å²) < 4.78 is 6.09. The zero-order chi connectivity index (χ0) is 29.1. The summed E-state index contributed by atoms with van der Waals surface area (Å²) in [6, 6.07) is 26.1. The minimum atomic E-state index is -0.0882. The largest absolute Gasteiger partial charge is 0.486 e. The molecule has 2 aliphatic rings. The van der Waals surface area contributed by atoms with Crippen LogP contribution in [0.25, 0.3) is 16.8 Å². The van der Waals surface area contributed by atoms with Crippen LogP contribution in [0.4, 0.5) is 11.4 Å². The number of benzene rings is 4. The number of anilines is 1. The van der Waals surface area contributed by atoms with Crippen LogP contribution in [0, 0.1) is 0 Å². The number of hydrogen-bond donors (Lipinski definition) is 0. The third kappa shape index (κ3) is 6.17. The molecule has 0 atom stereocenters. The van der Waals surface area contributed by atoms with Gasteiger partial charge in [-0.1, -0.05) is 65.7 Å². The van der Waals surface area contributed by atoms with Crippen LogP contribution in [0.5, 0.6) is 5.75 Å². The van der Waals surface area contributed by atoms with Gasteiger partial charge in [0, 0.05) is 25.3 Å². The van der Waals surface area contributed by atoms with Gasteiger partial charge in [0.05, 0.1) is 20.6 Å². The number of rotatable bonds is 7. The van der Waals surface area contributed by atoms with Gasteiger partial charge in [0.15, 0.2) is 10.9 Å². The predicted octanol–water partition coefficient (Wildman–Crippen LogP) is 9.34. The fourth-order valence-electron chi connectivity index (χ4n) is 5.39. The molecule has 0 bridgehead atoms. The van der Waals surface area contributed by atoms with Gasteiger partial charge in [-0.2, -0.15) is 0 Å². The maximum absolute atomic E-state index is 13.3. The lowest BCUT2D eigenvalue weighted by Crippen LogP contribution is -2.29. The minimum absolute atomic E-state index is 0.0882. The summed E-state index contributed by atoms with van der Waals surface area (Å²) in [6.07, 6.45) is 5.59. The zero-order valence-electron chi connectivity index (χ0n) is 23.4. The Morgan fingerprint density at radius 3 is 2.38 bits per heavy atom. The highest BCUT2D eigenvalue weighted by Crippen LogP contribution is 2.39. The highest BCUT2D eigenvalue weighted by atomic mass is 35.5. The van der Waals surface area contributed by atoms with E-state index in [1.807, 2.05) is 49.4 Å². The molecular formula is C34H31Cl2N3O2S. The van der Waals surface area contributed by atoms with Gasteiger partial charge in [0.2, 0.25) is 0 Å². The van der Waals surface area contributed by atoms with E-state index in [9.17, 15) is 4.79 Å². The first kappa shape index (κ1) is 28.7. The summed E-state index contributed by atoms with van der Waals surface area (Å²) in [5.41, 5.74) is 3.82. The molecule has 214 valence electrons. The van der Waals surface area contributed by atoms with Crippen molar-refractivity contribution in [2.75, 3.05) is 24.5 Å². The molecule has 0 aromatic heterocycles. The van der Waals surface area contributed by atoms with Gasteiger partial charge in [-0.05, 0) is 102 Å². The quantitative estimate of drug-likeness (QED) is 0.194. The van der Waals surface area contributed by atoms with Gasteiger partial charge in [-0.3, -0.25) is 9.69 Å². The average Bonchev–Trinajstić information content (AvgIpc) is 3.30. The lowest BCUT2D eigenvalue weighted by molar-refractivity contribution is -0.122. The van der Waals surface area contributed by atoms with E-state index in [2.05, 4.69) is 35.2 Å². The Kier molecular flexibility index (Phi) is 8.75. The molecule has 0 unspecified atom stereocenters. The highest BCUT2D eigenvalue weighted by molar-refractivity contribution is 8.18. The fraction of sp³-hybridized carbons (Fsp3) is 0.235. The first-order chi connectivity index (χ1) is 20.5. The molecule has 2 aliphatic heterocycles. The lowest BCUT2D eigenvalue weighted by atomic mass is 10.1. The zero-order valence-corrected chi connectivity index (χ0v) is 25.7. The van der Waals surface area contributed by atoms with Crippen molar-refractivity contribution in [3.63, 3.8) is 0 Å².